The van der Waals surface area contributed by atoms with Crippen molar-refractivity contribution in [2.45, 2.75) is 38.3 Å². The predicted molar refractivity (Wildman–Crippen MR) is 151 cm³/mol. The van der Waals surface area contributed by atoms with E-state index in [1.54, 1.807) is 18.2 Å². The van der Waals surface area contributed by atoms with E-state index in [9.17, 15) is 9.59 Å². The Bertz CT molecular complexity index is 1390. The number of amides is 1. The van der Waals surface area contributed by atoms with Gasteiger partial charge in [-0.3, -0.25) is 9.59 Å². The minimum Gasteiger partial charge on any atom is -0.489 e. The zero-order valence-electron chi connectivity index (χ0n) is 21.8. The first-order chi connectivity index (χ1) is 18.4. The first kappa shape index (κ1) is 26.9. The summed E-state index contributed by atoms with van der Waals surface area (Å²) in [4.78, 5) is 23.5. The second-order valence-corrected chi connectivity index (χ2v) is 9.52. The topological polar surface area (TPSA) is 87.7 Å². The molecule has 1 aliphatic heterocycles. The van der Waals surface area contributed by atoms with Crippen molar-refractivity contribution in [3.05, 3.63) is 114 Å². The second-order valence-electron chi connectivity index (χ2n) is 9.52. The molecule has 0 saturated carbocycles. The van der Waals surface area contributed by atoms with E-state index >= 15 is 0 Å². The molecule has 3 aromatic carbocycles. The fourth-order valence-electron chi connectivity index (χ4n) is 4.94. The van der Waals surface area contributed by atoms with Gasteiger partial charge in [0.15, 0.2) is 0 Å². The highest BCUT2D eigenvalue weighted by Gasteiger charge is 2.30. The summed E-state index contributed by atoms with van der Waals surface area (Å²) >= 11 is 0. The first-order valence-corrected chi connectivity index (χ1v) is 12.9. The van der Waals surface area contributed by atoms with Crippen LogP contribution in [-0.2, 0) is 9.59 Å². The van der Waals surface area contributed by atoms with Crippen molar-refractivity contribution in [1.82, 2.24) is 10.6 Å². The summed E-state index contributed by atoms with van der Waals surface area (Å²) in [5.41, 5.74) is 3.40. The number of fused-ring (bicyclic) bond motifs is 2. The monoisotopic (exact) mass is 510 g/mol. The van der Waals surface area contributed by atoms with Gasteiger partial charge in [0, 0.05) is 29.6 Å². The van der Waals surface area contributed by atoms with Crippen LogP contribution in [0, 0.1) is 0 Å². The molecule has 3 N–H and O–H groups in total. The molecule has 3 aromatic rings. The summed E-state index contributed by atoms with van der Waals surface area (Å²) < 4.78 is 6.37. The van der Waals surface area contributed by atoms with Crippen LogP contribution >= 0.6 is 0 Å². The Labute approximate surface area is 223 Å². The Kier molecular flexibility index (Phi) is 8.77. The Hall–Kier alpha value is -4.16. The number of hydrogen-bond acceptors (Lipinski definition) is 4. The number of carboxylic acids is 1. The summed E-state index contributed by atoms with van der Waals surface area (Å²) in [7, 11) is 0. The molecule has 3 atom stereocenters. The molecule has 1 amide bonds. The fourth-order valence-corrected chi connectivity index (χ4v) is 4.94. The molecule has 1 aliphatic rings. The Morgan fingerprint density at radius 3 is 2.63 bits per heavy atom. The van der Waals surface area contributed by atoms with Crippen LogP contribution in [0.5, 0.6) is 5.75 Å². The fraction of sp³-hybridized carbons (Fsp3) is 0.250. The van der Waals surface area contributed by atoms with Crippen LogP contribution in [0.1, 0.15) is 43.4 Å². The van der Waals surface area contributed by atoms with Crippen LogP contribution < -0.4 is 15.4 Å². The maximum absolute atomic E-state index is 12.6. The number of carboxylic acid groups (broad SMARTS) is 1. The molecule has 4 rings (SSSR count). The van der Waals surface area contributed by atoms with Gasteiger partial charge in [0.05, 0.1) is 0 Å². The number of aliphatic carboxylic acids is 1. The highest BCUT2D eigenvalue weighted by atomic mass is 16.5. The van der Waals surface area contributed by atoms with E-state index in [1.165, 1.54) is 16.3 Å². The molecule has 0 saturated heterocycles. The average molecular weight is 511 g/mol. The second kappa shape index (κ2) is 12.4. The molecular weight excluding hydrogens is 476 g/mol. The van der Waals surface area contributed by atoms with Crippen LogP contribution in [0.2, 0.25) is 0 Å². The molecule has 196 valence electrons. The maximum Gasteiger partial charge on any atom is 0.322 e. The van der Waals surface area contributed by atoms with E-state index in [0.29, 0.717) is 18.5 Å². The maximum atomic E-state index is 12.6. The van der Waals surface area contributed by atoms with Crippen molar-refractivity contribution in [1.29, 1.82) is 0 Å². The van der Waals surface area contributed by atoms with Gasteiger partial charge in [0.25, 0.3) is 5.91 Å². The third kappa shape index (κ3) is 6.39. The zero-order valence-corrected chi connectivity index (χ0v) is 21.8. The summed E-state index contributed by atoms with van der Waals surface area (Å²) in [6, 6.07) is 22.8. The van der Waals surface area contributed by atoms with Crippen molar-refractivity contribution < 1.29 is 19.4 Å². The zero-order chi connectivity index (χ0) is 27.1. The van der Waals surface area contributed by atoms with Gasteiger partial charge >= 0.3 is 5.97 Å². The Morgan fingerprint density at radius 1 is 1.11 bits per heavy atom. The number of carbonyl (C=O) groups excluding carboxylic acids is 1. The Morgan fingerprint density at radius 2 is 1.84 bits per heavy atom. The van der Waals surface area contributed by atoms with Gasteiger partial charge in [-0.2, -0.15) is 0 Å². The molecule has 0 bridgehead atoms. The van der Waals surface area contributed by atoms with Gasteiger partial charge in [-0.15, -0.1) is 0 Å². The van der Waals surface area contributed by atoms with Crippen molar-refractivity contribution >= 4 is 22.6 Å². The lowest BCUT2D eigenvalue weighted by atomic mass is 9.83. The minimum atomic E-state index is -1.09. The molecule has 0 aliphatic carbocycles. The van der Waals surface area contributed by atoms with Crippen molar-refractivity contribution in [2.75, 3.05) is 13.1 Å². The molecular formula is C32H34N2O4. The Balaban J connectivity index is 1.52. The van der Waals surface area contributed by atoms with Gasteiger partial charge in [0.1, 0.15) is 18.4 Å². The number of nitrogens with one attached hydrogen (secondary N) is 2. The quantitative estimate of drug-likeness (QED) is 0.241. The number of para-hydroxylation sites is 1. The van der Waals surface area contributed by atoms with E-state index in [1.807, 2.05) is 31.2 Å². The van der Waals surface area contributed by atoms with E-state index in [-0.39, 0.29) is 18.1 Å². The number of hydrogen-bond donors (Lipinski definition) is 3. The van der Waals surface area contributed by atoms with E-state index in [0.717, 1.165) is 16.9 Å². The third-order valence-electron chi connectivity index (χ3n) is 6.83. The highest BCUT2D eigenvalue weighted by molar-refractivity contribution is 5.98. The van der Waals surface area contributed by atoms with Crippen molar-refractivity contribution in [3.63, 3.8) is 0 Å². The van der Waals surface area contributed by atoms with Crippen LogP contribution in [-0.4, -0.2) is 36.2 Å². The molecule has 38 heavy (non-hydrogen) atoms. The number of ether oxygens (including phenoxy) is 1. The SMILES string of the molecule is C=C(/C=C(\C=C/C)C(=O)NCC(=O)O)[C@@H]1C[C@H](CN[C@H](C)c2cccc3ccccc23)Oc2ccccc21. The first-order valence-electron chi connectivity index (χ1n) is 12.9. The molecule has 0 unspecified atom stereocenters. The van der Waals surface area contributed by atoms with Crippen LogP contribution in [0.25, 0.3) is 10.8 Å². The van der Waals surface area contributed by atoms with Crippen molar-refractivity contribution in [2.24, 2.45) is 0 Å². The van der Waals surface area contributed by atoms with Crippen molar-refractivity contribution in [3.8, 4) is 5.75 Å². The summed E-state index contributed by atoms with van der Waals surface area (Å²) in [6.45, 7) is 8.48. The van der Waals surface area contributed by atoms with Gasteiger partial charge in [-0.05, 0) is 54.3 Å². The van der Waals surface area contributed by atoms with E-state index < -0.39 is 18.4 Å². The van der Waals surface area contributed by atoms with Gasteiger partial charge < -0.3 is 20.5 Å². The normalized spacial score (nSPS) is 18.0. The van der Waals surface area contributed by atoms with Gasteiger partial charge in [-0.25, -0.2) is 0 Å². The molecule has 6 heteroatoms. The molecule has 0 radical (unpaired) electrons. The van der Waals surface area contributed by atoms with E-state index in [4.69, 9.17) is 9.84 Å². The average Bonchev–Trinajstić information content (AvgIpc) is 2.93. The summed E-state index contributed by atoms with van der Waals surface area (Å²) in [5.74, 6) is -0.782. The minimum absolute atomic E-state index is 0.0489. The molecule has 1 heterocycles. The summed E-state index contributed by atoms with van der Waals surface area (Å²) in [6.07, 6.45) is 5.76. The number of rotatable bonds is 10. The molecule has 6 nitrogen and oxygen atoms in total. The standard InChI is InChI=1S/C32H34N2O4/c1-4-10-24(32(37)34-20-31(35)36)17-21(2)29-18-25(38-30-16-8-7-14-28(29)30)19-33-22(3)26-15-9-12-23-11-5-6-13-27(23)26/h4-17,22,25,29,33H,2,18-20H2,1,3H3,(H,34,37)(H,35,36)/b10-4-,24-17+/t22-,25-,29+/m1/s1. The lowest BCUT2D eigenvalue weighted by molar-refractivity contribution is -0.137. The summed E-state index contributed by atoms with van der Waals surface area (Å²) in [5, 5.41) is 17.5. The molecule has 0 aromatic heterocycles. The predicted octanol–water partition coefficient (Wildman–Crippen LogP) is 5.68. The number of benzene rings is 3. The highest BCUT2D eigenvalue weighted by Crippen LogP contribution is 2.40. The molecule has 0 spiro atoms. The van der Waals surface area contributed by atoms with Gasteiger partial charge in [0.2, 0.25) is 0 Å². The lowest BCUT2D eigenvalue weighted by Gasteiger charge is -2.33. The smallest absolute Gasteiger partial charge is 0.322 e. The lowest BCUT2D eigenvalue weighted by Crippen LogP contribution is -2.37. The van der Waals surface area contributed by atoms with Crippen LogP contribution in [0.15, 0.2) is 103 Å². The number of carbonyl (C=O) groups is 2. The molecule has 0 fully saturated rings. The van der Waals surface area contributed by atoms with E-state index in [2.05, 4.69) is 66.6 Å². The largest absolute Gasteiger partial charge is 0.489 e. The van der Waals surface area contributed by atoms with Crippen LogP contribution in [0.3, 0.4) is 0 Å². The number of allylic oxidation sites excluding steroid dienone is 3. The van der Waals surface area contributed by atoms with Crippen LogP contribution in [0.4, 0.5) is 0 Å². The van der Waals surface area contributed by atoms with Gasteiger partial charge in [-0.1, -0.05) is 79.4 Å². The third-order valence-corrected chi connectivity index (χ3v) is 6.83.